The zero-order valence-corrected chi connectivity index (χ0v) is 11.4. The molecule has 0 radical (unpaired) electrons. The summed E-state index contributed by atoms with van der Waals surface area (Å²) in [4.78, 5) is 26.5. The Balaban J connectivity index is 1.95. The van der Waals surface area contributed by atoms with Crippen LogP contribution in [0.25, 0.3) is 0 Å². The Morgan fingerprint density at radius 2 is 1.95 bits per heavy atom. The second-order valence-corrected chi connectivity index (χ2v) is 5.62. The predicted octanol–water partition coefficient (Wildman–Crippen LogP) is 2.85. The highest BCUT2D eigenvalue weighted by Crippen LogP contribution is 2.36. The minimum absolute atomic E-state index is 0.0691. The fourth-order valence-corrected chi connectivity index (χ4v) is 2.98. The summed E-state index contributed by atoms with van der Waals surface area (Å²) in [6, 6.07) is 2.89. The Bertz CT molecular complexity index is 596. The number of rotatable bonds is 1. The standard InChI is InChI=1S/C13H10ClF3N2O2/c14-8-5-10-11(20)19(12(21)18(10)6-8)9-3-1-2-7(4-9)13(15,16)17/h1-4,8,10H,5-6H2/t8-,10-/m1/s1. The Morgan fingerprint density at radius 1 is 1.24 bits per heavy atom. The highest BCUT2D eigenvalue weighted by molar-refractivity contribution is 6.25. The van der Waals surface area contributed by atoms with Crippen LogP contribution in [0, 0.1) is 0 Å². The van der Waals surface area contributed by atoms with Crippen LogP contribution in [0.15, 0.2) is 24.3 Å². The van der Waals surface area contributed by atoms with Gasteiger partial charge in [0.1, 0.15) is 6.04 Å². The zero-order chi connectivity index (χ0) is 15.4. The number of carbonyl (C=O) groups is 2. The Labute approximate surface area is 123 Å². The number of halogens is 4. The summed E-state index contributed by atoms with van der Waals surface area (Å²) >= 11 is 5.91. The monoisotopic (exact) mass is 318 g/mol. The van der Waals surface area contributed by atoms with E-state index >= 15 is 0 Å². The summed E-state index contributed by atoms with van der Waals surface area (Å²) in [6.45, 7) is 0.228. The first-order valence-corrected chi connectivity index (χ1v) is 6.68. The number of imide groups is 1. The molecular weight excluding hydrogens is 309 g/mol. The summed E-state index contributed by atoms with van der Waals surface area (Å²) in [5.41, 5.74) is -0.969. The fourth-order valence-electron chi connectivity index (χ4n) is 2.66. The van der Waals surface area contributed by atoms with Gasteiger partial charge in [-0.15, -0.1) is 11.6 Å². The van der Waals surface area contributed by atoms with Gasteiger partial charge in [0.25, 0.3) is 5.91 Å². The van der Waals surface area contributed by atoms with Gasteiger partial charge >= 0.3 is 12.2 Å². The van der Waals surface area contributed by atoms with E-state index in [0.29, 0.717) is 6.42 Å². The second-order valence-electron chi connectivity index (χ2n) is 5.01. The van der Waals surface area contributed by atoms with Crippen molar-refractivity contribution in [3.8, 4) is 0 Å². The van der Waals surface area contributed by atoms with E-state index in [1.54, 1.807) is 0 Å². The van der Waals surface area contributed by atoms with E-state index in [1.165, 1.54) is 17.0 Å². The lowest BCUT2D eigenvalue weighted by molar-refractivity contribution is -0.137. The molecule has 0 bridgehead atoms. The van der Waals surface area contributed by atoms with Gasteiger partial charge in [-0.3, -0.25) is 4.79 Å². The van der Waals surface area contributed by atoms with Crippen molar-refractivity contribution in [2.45, 2.75) is 24.0 Å². The molecule has 8 heteroatoms. The molecule has 21 heavy (non-hydrogen) atoms. The van der Waals surface area contributed by atoms with Gasteiger partial charge in [-0.1, -0.05) is 6.07 Å². The number of hydrogen-bond acceptors (Lipinski definition) is 2. The first-order chi connectivity index (χ1) is 9.79. The minimum atomic E-state index is -4.53. The van der Waals surface area contributed by atoms with Crippen LogP contribution in [0.2, 0.25) is 0 Å². The largest absolute Gasteiger partial charge is 0.416 e. The molecule has 2 fully saturated rings. The third-order valence-electron chi connectivity index (χ3n) is 3.62. The number of hydrogen-bond donors (Lipinski definition) is 0. The molecule has 0 spiro atoms. The number of nitrogens with zero attached hydrogens (tertiary/aromatic N) is 2. The average molecular weight is 319 g/mol. The number of fused-ring (bicyclic) bond motifs is 1. The second kappa shape index (κ2) is 4.62. The van der Waals surface area contributed by atoms with Crippen LogP contribution < -0.4 is 4.90 Å². The summed E-state index contributed by atoms with van der Waals surface area (Å²) in [6.07, 6.45) is -4.21. The molecule has 0 saturated carbocycles. The molecule has 2 aliphatic rings. The molecule has 1 aromatic rings. The van der Waals surface area contributed by atoms with Crippen molar-refractivity contribution in [1.82, 2.24) is 4.90 Å². The molecule has 0 N–H and O–H groups in total. The van der Waals surface area contributed by atoms with E-state index in [1.807, 2.05) is 0 Å². The summed E-state index contributed by atoms with van der Waals surface area (Å²) in [5, 5.41) is -0.299. The van der Waals surface area contributed by atoms with Crippen LogP contribution in [0.5, 0.6) is 0 Å². The van der Waals surface area contributed by atoms with Crippen LogP contribution >= 0.6 is 11.6 Å². The smallest absolute Gasteiger partial charge is 0.310 e. The number of amides is 3. The quantitative estimate of drug-likeness (QED) is 0.590. The van der Waals surface area contributed by atoms with Gasteiger partial charge in [-0.25, -0.2) is 9.69 Å². The first kappa shape index (κ1) is 14.2. The van der Waals surface area contributed by atoms with Crippen molar-refractivity contribution in [2.75, 3.05) is 11.4 Å². The van der Waals surface area contributed by atoms with E-state index in [0.717, 1.165) is 17.0 Å². The Hall–Kier alpha value is -1.76. The number of urea groups is 1. The lowest BCUT2D eigenvalue weighted by Gasteiger charge is -2.17. The van der Waals surface area contributed by atoms with Gasteiger partial charge in [-0.05, 0) is 24.6 Å². The Kier molecular flexibility index (Phi) is 3.12. The van der Waals surface area contributed by atoms with Gasteiger partial charge in [0.2, 0.25) is 0 Å². The molecule has 2 heterocycles. The molecular formula is C13H10ClF3N2O2. The predicted molar refractivity (Wildman–Crippen MR) is 69.1 cm³/mol. The number of benzene rings is 1. The van der Waals surface area contributed by atoms with Crippen LogP contribution in [0.1, 0.15) is 12.0 Å². The number of carbonyl (C=O) groups excluding carboxylic acids is 2. The molecule has 0 aromatic heterocycles. The van der Waals surface area contributed by atoms with Crippen LogP contribution in [0.3, 0.4) is 0 Å². The maximum Gasteiger partial charge on any atom is 0.416 e. The SMILES string of the molecule is O=C1[C@H]2C[C@@H](Cl)CN2C(=O)N1c1cccc(C(F)(F)F)c1. The molecule has 2 aliphatic heterocycles. The summed E-state index contributed by atoms with van der Waals surface area (Å²) in [5.74, 6) is -0.525. The molecule has 112 valence electrons. The van der Waals surface area contributed by atoms with Gasteiger partial charge < -0.3 is 4.90 Å². The van der Waals surface area contributed by atoms with E-state index < -0.39 is 29.7 Å². The lowest BCUT2D eigenvalue weighted by atomic mass is 10.1. The van der Waals surface area contributed by atoms with Crippen molar-refractivity contribution in [2.24, 2.45) is 0 Å². The van der Waals surface area contributed by atoms with E-state index in [9.17, 15) is 22.8 Å². The van der Waals surface area contributed by atoms with Gasteiger partial charge in [0.15, 0.2) is 0 Å². The van der Waals surface area contributed by atoms with Crippen molar-refractivity contribution in [3.05, 3.63) is 29.8 Å². The van der Waals surface area contributed by atoms with Crippen molar-refractivity contribution >= 4 is 29.2 Å². The van der Waals surface area contributed by atoms with Gasteiger partial charge in [0.05, 0.1) is 16.6 Å². The molecule has 0 aliphatic carbocycles. The average Bonchev–Trinajstić information content (AvgIpc) is 2.88. The normalized spacial score (nSPS) is 25.7. The molecule has 3 amide bonds. The van der Waals surface area contributed by atoms with E-state index in [4.69, 9.17) is 11.6 Å². The summed E-state index contributed by atoms with van der Waals surface area (Å²) in [7, 11) is 0. The van der Waals surface area contributed by atoms with Gasteiger partial charge in [-0.2, -0.15) is 13.2 Å². The van der Waals surface area contributed by atoms with Crippen molar-refractivity contribution < 1.29 is 22.8 Å². The third kappa shape index (κ3) is 2.25. The molecule has 2 saturated heterocycles. The number of anilines is 1. The van der Waals surface area contributed by atoms with Gasteiger partial charge in [0, 0.05) is 6.54 Å². The maximum absolute atomic E-state index is 12.7. The zero-order valence-electron chi connectivity index (χ0n) is 10.6. The molecule has 0 unspecified atom stereocenters. The van der Waals surface area contributed by atoms with Crippen LogP contribution in [-0.4, -0.2) is 34.8 Å². The molecule has 2 atom stereocenters. The fraction of sp³-hybridized carbons (Fsp3) is 0.385. The highest BCUT2D eigenvalue weighted by Gasteiger charge is 2.50. The van der Waals surface area contributed by atoms with Crippen LogP contribution in [0.4, 0.5) is 23.7 Å². The van der Waals surface area contributed by atoms with E-state index in [2.05, 4.69) is 0 Å². The highest BCUT2D eigenvalue weighted by atomic mass is 35.5. The molecule has 3 rings (SSSR count). The molecule has 4 nitrogen and oxygen atoms in total. The lowest BCUT2D eigenvalue weighted by Crippen LogP contribution is -2.34. The topological polar surface area (TPSA) is 40.6 Å². The summed E-state index contributed by atoms with van der Waals surface area (Å²) < 4.78 is 38.1. The maximum atomic E-state index is 12.7. The van der Waals surface area contributed by atoms with Crippen molar-refractivity contribution in [3.63, 3.8) is 0 Å². The molecule has 1 aromatic carbocycles. The third-order valence-corrected chi connectivity index (χ3v) is 3.94. The van der Waals surface area contributed by atoms with E-state index in [-0.39, 0.29) is 17.6 Å². The Morgan fingerprint density at radius 3 is 2.57 bits per heavy atom. The minimum Gasteiger partial charge on any atom is -0.310 e. The van der Waals surface area contributed by atoms with Crippen molar-refractivity contribution in [1.29, 1.82) is 0 Å². The van der Waals surface area contributed by atoms with Crippen LogP contribution in [-0.2, 0) is 11.0 Å². The number of alkyl halides is 4. The first-order valence-electron chi connectivity index (χ1n) is 6.25.